The number of aromatic nitrogens is 2. The van der Waals surface area contributed by atoms with Crippen molar-refractivity contribution in [1.82, 2.24) is 9.78 Å². The van der Waals surface area contributed by atoms with Gasteiger partial charge in [-0.1, -0.05) is 30.3 Å². The molecule has 1 heterocycles. The first-order valence-corrected chi connectivity index (χ1v) is 4.62. The molecule has 0 saturated heterocycles. The number of hydrogen-bond acceptors (Lipinski definition) is 2. The molecule has 1 unspecified atom stereocenters. The van der Waals surface area contributed by atoms with Gasteiger partial charge in [-0.3, -0.25) is 4.68 Å². The van der Waals surface area contributed by atoms with Gasteiger partial charge in [-0.05, 0) is 12.5 Å². The molecule has 0 amide bonds. The van der Waals surface area contributed by atoms with Crippen molar-refractivity contribution >= 4 is 30.5 Å². The van der Waals surface area contributed by atoms with E-state index in [4.69, 9.17) is 5.73 Å². The molecule has 1 aromatic carbocycles. The summed E-state index contributed by atoms with van der Waals surface area (Å²) in [7, 11) is 0. The molecule has 16 heavy (non-hydrogen) atoms. The van der Waals surface area contributed by atoms with Gasteiger partial charge in [-0.15, -0.1) is 24.8 Å². The molecule has 88 valence electrons. The Morgan fingerprint density at radius 3 is 2.31 bits per heavy atom. The largest absolute Gasteiger partial charge is 0.396 e. The van der Waals surface area contributed by atoms with Crippen LogP contribution in [0.15, 0.2) is 42.7 Å². The van der Waals surface area contributed by atoms with Crippen LogP contribution in [-0.2, 0) is 0 Å². The van der Waals surface area contributed by atoms with Crippen molar-refractivity contribution in [1.29, 1.82) is 0 Å². The monoisotopic (exact) mass is 259 g/mol. The summed E-state index contributed by atoms with van der Waals surface area (Å²) in [4.78, 5) is 0. The molecule has 2 rings (SSSR count). The second-order valence-corrected chi connectivity index (χ2v) is 3.34. The Morgan fingerprint density at radius 1 is 1.19 bits per heavy atom. The third-order valence-electron chi connectivity index (χ3n) is 2.30. The molecule has 0 spiro atoms. The first-order valence-electron chi connectivity index (χ1n) is 4.62. The normalized spacial score (nSPS) is 11.1. The first-order chi connectivity index (χ1) is 6.77. The molecule has 0 aliphatic carbocycles. The highest BCUT2D eigenvalue weighted by Crippen LogP contribution is 2.17. The smallest absolute Gasteiger partial charge is 0.0741 e. The Labute approximate surface area is 107 Å². The molecule has 0 aliphatic heterocycles. The van der Waals surface area contributed by atoms with Crippen LogP contribution in [0.25, 0.3) is 0 Å². The average Bonchev–Trinajstić information content (AvgIpc) is 2.65. The summed E-state index contributed by atoms with van der Waals surface area (Å²) >= 11 is 0. The minimum Gasteiger partial charge on any atom is -0.396 e. The molecule has 0 aliphatic rings. The molecule has 0 fully saturated rings. The van der Waals surface area contributed by atoms with Crippen LogP contribution in [-0.4, -0.2) is 9.78 Å². The second-order valence-electron chi connectivity index (χ2n) is 3.34. The quantitative estimate of drug-likeness (QED) is 0.902. The molecule has 0 saturated carbocycles. The molecular weight excluding hydrogens is 245 g/mol. The SMILES string of the molecule is CC(c1ccccc1)n1cc(N)cn1.Cl.Cl. The Morgan fingerprint density at radius 2 is 1.81 bits per heavy atom. The summed E-state index contributed by atoms with van der Waals surface area (Å²) in [6.07, 6.45) is 3.51. The van der Waals surface area contributed by atoms with E-state index < -0.39 is 0 Å². The van der Waals surface area contributed by atoms with E-state index in [1.165, 1.54) is 5.56 Å². The van der Waals surface area contributed by atoms with E-state index >= 15 is 0 Å². The van der Waals surface area contributed by atoms with Crippen molar-refractivity contribution in [2.75, 3.05) is 5.73 Å². The molecule has 1 aromatic heterocycles. The lowest BCUT2D eigenvalue weighted by molar-refractivity contribution is 0.565. The van der Waals surface area contributed by atoms with Gasteiger partial charge in [0.25, 0.3) is 0 Å². The van der Waals surface area contributed by atoms with Crippen LogP contribution in [0.5, 0.6) is 0 Å². The van der Waals surface area contributed by atoms with Crippen LogP contribution < -0.4 is 5.73 Å². The highest BCUT2D eigenvalue weighted by Gasteiger charge is 2.07. The van der Waals surface area contributed by atoms with E-state index in [9.17, 15) is 0 Å². The second kappa shape index (κ2) is 6.40. The maximum absolute atomic E-state index is 5.61. The lowest BCUT2D eigenvalue weighted by Gasteiger charge is -2.11. The van der Waals surface area contributed by atoms with Gasteiger partial charge in [-0.25, -0.2) is 0 Å². The van der Waals surface area contributed by atoms with E-state index in [0.29, 0.717) is 5.69 Å². The standard InChI is InChI=1S/C11H13N3.2ClH/c1-9(10-5-3-2-4-6-10)14-8-11(12)7-13-14;;/h2-9H,12H2,1H3;2*1H. The summed E-state index contributed by atoms with van der Waals surface area (Å²) in [5.41, 5.74) is 7.54. The van der Waals surface area contributed by atoms with Crippen LogP contribution in [0.2, 0.25) is 0 Å². The van der Waals surface area contributed by atoms with E-state index in [2.05, 4.69) is 24.2 Å². The summed E-state index contributed by atoms with van der Waals surface area (Å²) < 4.78 is 1.87. The van der Waals surface area contributed by atoms with Gasteiger partial charge in [0.1, 0.15) is 0 Å². The fourth-order valence-corrected chi connectivity index (χ4v) is 1.45. The summed E-state index contributed by atoms with van der Waals surface area (Å²) in [6.45, 7) is 2.10. The van der Waals surface area contributed by atoms with Crippen LogP contribution in [0, 0.1) is 0 Å². The third-order valence-corrected chi connectivity index (χ3v) is 2.30. The summed E-state index contributed by atoms with van der Waals surface area (Å²) in [5.74, 6) is 0. The van der Waals surface area contributed by atoms with Crippen molar-refractivity contribution in [3.8, 4) is 0 Å². The third kappa shape index (κ3) is 3.15. The zero-order valence-electron chi connectivity index (χ0n) is 8.91. The number of hydrogen-bond donors (Lipinski definition) is 1. The zero-order chi connectivity index (χ0) is 9.97. The van der Waals surface area contributed by atoms with Crippen LogP contribution >= 0.6 is 24.8 Å². The summed E-state index contributed by atoms with van der Waals surface area (Å²) in [6, 6.07) is 10.5. The molecule has 0 radical (unpaired) electrons. The highest BCUT2D eigenvalue weighted by atomic mass is 35.5. The van der Waals surface area contributed by atoms with Gasteiger partial charge in [0.05, 0.1) is 17.9 Å². The first kappa shape index (κ1) is 14.8. The Balaban J connectivity index is 0.00000112. The van der Waals surface area contributed by atoms with E-state index in [-0.39, 0.29) is 30.9 Å². The topological polar surface area (TPSA) is 43.8 Å². The number of anilines is 1. The minimum atomic E-state index is 0. The maximum atomic E-state index is 5.61. The van der Waals surface area contributed by atoms with Gasteiger partial charge in [0, 0.05) is 6.20 Å². The molecule has 0 bridgehead atoms. The van der Waals surface area contributed by atoms with Crippen molar-refractivity contribution < 1.29 is 0 Å². The number of rotatable bonds is 2. The predicted octanol–water partition coefficient (Wildman–Crippen LogP) is 2.92. The Kier molecular flexibility index (Phi) is 5.93. The van der Waals surface area contributed by atoms with Gasteiger partial charge in [-0.2, -0.15) is 5.10 Å². The molecule has 1 atom stereocenters. The van der Waals surface area contributed by atoms with Gasteiger partial charge in [0.2, 0.25) is 0 Å². The Bertz CT molecular complexity index is 414. The van der Waals surface area contributed by atoms with Crippen molar-refractivity contribution in [2.45, 2.75) is 13.0 Å². The van der Waals surface area contributed by atoms with Crippen molar-refractivity contribution in [2.24, 2.45) is 0 Å². The van der Waals surface area contributed by atoms with Gasteiger partial charge >= 0.3 is 0 Å². The molecule has 2 N–H and O–H groups in total. The van der Waals surface area contributed by atoms with E-state index in [1.807, 2.05) is 29.1 Å². The van der Waals surface area contributed by atoms with E-state index in [0.717, 1.165) is 0 Å². The molecule has 5 heteroatoms. The number of halogens is 2. The van der Waals surface area contributed by atoms with Gasteiger partial charge in [0.15, 0.2) is 0 Å². The van der Waals surface area contributed by atoms with Gasteiger partial charge < -0.3 is 5.73 Å². The fraction of sp³-hybridized carbons (Fsp3) is 0.182. The number of nitrogens with two attached hydrogens (primary N) is 1. The average molecular weight is 260 g/mol. The van der Waals surface area contributed by atoms with Crippen molar-refractivity contribution in [3.05, 3.63) is 48.3 Å². The number of nitrogens with zero attached hydrogens (tertiary/aromatic N) is 2. The maximum Gasteiger partial charge on any atom is 0.0741 e. The minimum absolute atomic E-state index is 0. The lowest BCUT2D eigenvalue weighted by Crippen LogP contribution is -2.06. The number of benzene rings is 1. The molecular formula is C11H15Cl2N3. The van der Waals surface area contributed by atoms with Crippen LogP contribution in [0.4, 0.5) is 5.69 Å². The zero-order valence-corrected chi connectivity index (χ0v) is 10.5. The van der Waals surface area contributed by atoms with Crippen molar-refractivity contribution in [3.63, 3.8) is 0 Å². The van der Waals surface area contributed by atoms with Crippen LogP contribution in [0.3, 0.4) is 0 Å². The number of nitrogen functional groups attached to an aromatic ring is 1. The highest BCUT2D eigenvalue weighted by molar-refractivity contribution is 5.85. The van der Waals surface area contributed by atoms with Crippen LogP contribution in [0.1, 0.15) is 18.5 Å². The summed E-state index contributed by atoms with van der Waals surface area (Å²) in [5, 5.41) is 4.18. The van der Waals surface area contributed by atoms with E-state index in [1.54, 1.807) is 6.20 Å². The lowest BCUT2D eigenvalue weighted by atomic mass is 10.1. The Hall–Kier alpha value is -1.19. The predicted molar refractivity (Wildman–Crippen MR) is 71.4 cm³/mol. The molecule has 3 nitrogen and oxygen atoms in total. The fourth-order valence-electron chi connectivity index (χ4n) is 1.45. The molecule has 2 aromatic rings.